The van der Waals surface area contributed by atoms with E-state index in [0.29, 0.717) is 13.2 Å². The van der Waals surface area contributed by atoms with E-state index in [-0.39, 0.29) is 29.2 Å². The van der Waals surface area contributed by atoms with Gasteiger partial charge in [0.25, 0.3) is 11.5 Å². The van der Waals surface area contributed by atoms with E-state index in [1.54, 1.807) is 34.8 Å². The molecule has 1 aromatic heterocycles. The summed E-state index contributed by atoms with van der Waals surface area (Å²) in [7, 11) is 1.73. The smallest absolute Gasteiger partial charge is 0.263 e. The minimum atomic E-state index is -0.244. The largest absolute Gasteiger partial charge is 0.367 e. The Morgan fingerprint density at radius 1 is 1.24 bits per heavy atom. The molecule has 1 atom stereocenters. The lowest BCUT2D eigenvalue weighted by molar-refractivity contribution is 0.0370. The second-order valence-corrected chi connectivity index (χ2v) is 6.90. The van der Waals surface area contributed by atoms with Crippen molar-refractivity contribution >= 4 is 5.91 Å². The number of fused-ring (bicyclic) bond motifs is 1. The molecule has 1 fully saturated rings. The summed E-state index contributed by atoms with van der Waals surface area (Å²) in [6, 6.07) is 11.7. The Morgan fingerprint density at radius 3 is 2.80 bits per heavy atom. The minimum absolute atomic E-state index is 0.136. The maximum atomic E-state index is 12.8. The first-order chi connectivity index (χ1) is 12.1. The Labute approximate surface area is 146 Å². The first-order valence-corrected chi connectivity index (χ1v) is 8.81. The van der Waals surface area contributed by atoms with Crippen molar-refractivity contribution in [3.05, 3.63) is 69.6 Å². The number of likely N-dealkylation sites (N-methyl/N-ethyl adjacent to an activating group) is 1. The number of carbonyl (C=O) groups excluding carboxylic acids is 1. The fraction of sp³-hybridized carbons (Fsp3) is 0.400. The minimum Gasteiger partial charge on any atom is -0.367 e. The third-order valence-corrected chi connectivity index (χ3v) is 5.30. The number of rotatable bonds is 4. The lowest BCUT2D eigenvalue weighted by atomic mass is 9.92. The van der Waals surface area contributed by atoms with Crippen molar-refractivity contribution in [1.82, 2.24) is 9.47 Å². The van der Waals surface area contributed by atoms with Crippen molar-refractivity contribution in [3.8, 4) is 0 Å². The third-order valence-electron chi connectivity index (χ3n) is 5.30. The predicted molar refractivity (Wildman–Crippen MR) is 94.5 cm³/mol. The second-order valence-electron chi connectivity index (χ2n) is 6.90. The van der Waals surface area contributed by atoms with Gasteiger partial charge in [-0.1, -0.05) is 24.3 Å². The third kappa shape index (κ3) is 2.89. The zero-order valence-electron chi connectivity index (χ0n) is 14.4. The molecule has 1 amide bonds. The highest BCUT2D eigenvalue weighted by atomic mass is 16.5. The quantitative estimate of drug-likeness (QED) is 0.861. The molecule has 5 nitrogen and oxygen atoms in total. The first-order valence-electron chi connectivity index (χ1n) is 8.81. The molecule has 5 heteroatoms. The molecule has 0 radical (unpaired) electrons. The van der Waals surface area contributed by atoms with E-state index in [9.17, 15) is 9.59 Å². The molecular weight excluding hydrogens is 316 g/mol. The van der Waals surface area contributed by atoms with Crippen LogP contribution in [-0.2, 0) is 11.3 Å². The van der Waals surface area contributed by atoms with Gasteiger partial charge in [0.05, 0.1) is 13.2 Å². The Morgan fingerprint density at radius 2 is 2.04 bits per heavy atom. The fourth-order valence-corrected chi connectivity index (χ4v) is 3.57. The van der Waals surface area contributed by atoms with Gasteiger partial charge in [0, 0.05) is 19.3 Å². The van der Waals surface area contributed by atoms with Gasteiger partial charge in [-0.3, -0.25) is 9.59 Å². The van der Waals surface area contributed by atoms with Crippen molar-refractivity contribution in [2.45, 2.75) is 38.0 Å². The fourth-order valence-electron chi connectivity index (χ4n) is 3.57. The number of ether oxygens (including phenoxy) is 1. The van der Waals surface area contributed by atoms with Crippen LogP contribution >= 0.6 is 0 Å². The van der Waals surface area contributed by atoms with Crippen LogP contribution in [-0.4, -0.2) is 29.0 Å². The summed E-state index contributed by atoms with van der Waals surface area (Å²) < 4.78 is 7.54. The number of amides is 1. The molecule has 0 saturated heterocycles. The van der Waals surface area contributed by atoms with Crippen molar-refractivity contribution in [2.75, 3.05) is 13.6 Å². The summed E-state index contributed by atoms with van der Waals surface area (Å²) in [6.45, 7) is 1.01. The highest BCUT2D eigenvalue weighted by Gasteiger charge is 2.28. The number of pyridine rings is 1. The van der Waals surface area contributed by atoms with Crippen molar-refractivity contribution < 1.29 is 9.53 Å². The van der Waals surface area contributed by atoms with Crippen LogP contribution in [0.2, 0.25) is 0 Å². The average Bonchev–Trinajstić information content (AvgIpc) is 2.98. The number of nitrogens with zero attached hydrogens (tertiary/aromatic N) is 2. The van der Waals surface area contributed by atoms with Gasteiger partial charge < -0.3 is 14.2 Å². The lowest BCUT2D eigenvalue weighted by Crippen LogP contribution is -2.38. The Balaban J connectivity index is 1.52. The zero-order chi connectivity index (χ0) is 17.4. The van der Waals surface area contributed by atoms with E-state index in [1.165, 1.54) is 5.56 Å². The topological polar surface area (TPSA) is 51.5 Å². The van der Waals surface area contributed by atoms with Crippen LogP contribution in [0.5, 0.6) is 0 Å². The maximum absolute atomic E-state index is 12.8. The van der Waals surface area contributed by atoms with E-state index < -0.39 is 0 Å². The van der Waals surface area contributed by atoms with E-state index in [2.05, 4.69) is 0 Å². The molecule has 2 aliphatic rings. The lowest BCUT2D eigenvalue weighted by Gasteiger charge is -2.28. The van der Waals surface area contributed by atoms with Crippen LogP contribution in [0.3, 0.4) is 0 Å². The second kappa shape index (κ2) is 6.48. The zero-order valence-corrected chi connectivity index (χ0v) is 14.4. The molecule has 1 saturated carbocycles. The summed E-state index contributed by atoms with van der Waals surface area (Å²) in [6.07, 6.45) is 4.83. The number of hydrogen-bond acceptors (Lipinski definition) is 3. The van der Waals surface area contributed by atoms with Gasteiger partial charge in [0.2, 0.25) is 0 Å². The van der Waals surface area contributed by atoms with Crippen molar-refractivity contribution in [1.29, 1.82) is 0 Å². The van der Waals surface area contributed by atoms with Crippen LogP contribution in [0.15, 0.2) is 47.4 Å². The van der Waals surface area contributed by atoms with Crippen LogP contribution in [0.25, 0.3) is 0 Å². The summed E-state index contributed by atoms with van der Waals surface area (Å²) in [5, 5.41) is 0. The van der Waals surface area contributed by atoms with Gasteiger partial charge in [-0.2, -0.15) is 0 Å². The number of hydrogen-bond donors (Lipinski definition) is 0. The van der Waals surface area contributed by atoms with Gasteiger partial charge >= 0.3 is 0 Å². The number of carbonyl (C=O) groups is 1. The van der Waals surface area contributed by atoms with Crippen LogP contribution < -0.4 is 5.56 Å². The van der Waals surface area contributed by atoms with Crippen LogP contribution in [0.4, 0.5) is 0 Å². The molecule has 1 unspecified atom stereocenters. The van der Waals surface area contributed by atoms with Gasteiger partial charge in [0.15, 0.2) is 0 Å². The number of aromatic nitrogens is 1. The highest BCUT2D eigenvalue weighted by Crippen LogP contribution is 2.31. The van der Waals surface area contributed by atoms with E-state index in [0.717, 1.165) is 24.8 Å². The standard InChI is InChI=1S/C20H22N2O3/c1-21(12-18-16-9-3-2-6-14(16)13-25-18)19(23)17-10-5-11-22(20(17)24)15-7-4-8-15/h2-3,5-6,9-11,15,18H,4,7-8,12-13H2,1H3. The first kappa shape index (κ1) is 16.1. The van der Waals surface area contributed by atoms with Gasteiger partial charge in [0.1, 0.15) is 11.7 Å². The highest BCUT2D eigenvalue weighted by molar-refractivity contribution is 5.93. The Bertz CT molecular complexity index is 854. The molecular formula is C20H22N2O3. The molecule has 2 aromatic rings. The van der Waals surface area contributed by atoms with Crippen LogP contribution in [0, 0.1) is 0 Å². The van der Waals surface area contributed by atoms with Gasteiger partial charge in [-0.15, -0.1) is 0 Å². The van der Waals surface area contributed by atoms with E-state index in [4.69, 9.17) is 4.74 Å². The molecule has 0 spiro atoms. The molecule has 2 heterocycles. The Kier molecular flexibility index (Phi) is 4.17. The molecule has 130 valence electrons. The monoisotopic (exact) mass is 338 g/mol. The summed E-state index contributed by atoms with van der Waals surface area (Å²) >= 11 is 0. The maximum Gasteiger partial charge on any atom is 0.263 e. The molecule has 0 N–H and O–H groups in total. The molecule has 4 rings (SSSR count). The van der Waals surface area contributed by atoms with Crippen LogP contribution in [0.1, 0.15) is 52.9 Å². The van der Waals surface area contributed by atoms with Crippen molar-refractivity contribution in [2.24, 2.45) is 0 Å². The summed E-state index contributed by atoms with van der Waals surface area (Å²) in [4.78, 5) is 27.1. The molecule has 1 aromatic carbocycles. The van der Waals surface area contributed by atoms with Gasteiger partial charge in [-0.25, -0.2) is 0 Å². The molecule has 1 aliphatic heterocycles. The normalized spacial score (nSPS) is 19.3. The molecule has 1 aliphatic carbocycles. The predicted octanol–water partition coefficient (Wildman–Crippen LogP) is 2.92. The SMILES string of the molecule is CN(CC1OCc2ccccc21)C(=O)c1cccn(C2CCC2)c1=O. The van der Waals surface area contributed by atoms with Crippen molar-refractivity contribution in [3.63, 3.8) is 0 Å². The van der Waals surface area contributed by atoms with E-state index in [1.807, 2.05) is 24.3 Å². The molecule has 0 bridgehead atoms. The average molecular weight is 338 g/mol. The Hall–Kier alpha value is -2.40. The summed E-state index contributed by atoms with van der Waals surface area (Å²) in [5.74, 6) is -0.244. The summed E-state index contributed by atoms with van der Waals surface area (Å²) in [5.41, 5.74) is 2.35. The van der Waals surface area contributed by atoms with Gasteiger partial charge in [-0.05, 0) is 42.5 Å². The molecule has 25 heavy (non-hydrogen) atoms. The van der Waals surface area contributed by atoms with E-state index >= 15 is 0 Å². The number of benzene rings is 1.